The minimum absolute atomic E-state index is 0.367. The molecule has 2 rings (SSSR count). The number of hydrogen-bond donors (Lipinski definition) is 0. The lowest BCUT2D eigenvalue weighted by Gasteiger charge is -2.02. The Hall–Kier alpha value is -1.48. The zero-order valence-corrected chi connectivity index (χ0v) is 8.17. The first kappa shape index (κ1) is 9.09. The first-order valence-corrected chi connectivity index (χ1v) is 4.35. The summed E-state index contributed by atoms with van der Waals surface area (Å²) in [6.07, 6.45) is 1.54. The zero-order valence-electron chi connectivity index (χ0n) is 7.41. The highest BCUT2D eigenvalue weighted by atomic mass is 35.5. The molecule has 0 saturated carbocycles. The van der Waals surface area contributed by atoms with Crippen molar-refractivity contribution in [2.45, 2.75) is 0 Å². The Labute approximate surface area is 85.2 Å². The number of halogens is 1. The largest absolute Gasteiger partial charge is 0.496 e. The highest BCUT2D eigenvalue weighted by molar-refractivity contribution is 6.67. The predicted octanol–water partition coefficient (Wildman–Crippen LogP) is 2.82. The predicted molar refractivity (Wildman–Crippen MR) is 52.9 cm³/mol. The fraction of sp³-hybridized carbons (Fsp3) is 0.100. The van der Waals surface area contributed by atoms with Gasteiger partial charge in [0.2, 0.25) is 0 Å². The lowest BCUT2D eigenvalue weighted by Crippen LogP contribution is -1.91. The van der Waals surface area contributed by atoms with Gasteiger partial charge in [-0.1, -0.05) is 0 Å². The van der Waals surface area contributed by atoms with Gasteiger partial charge in [-0.05, 0) is 29.8 Å². The summed E-state index contributed by atoms with van der Waals surface area (Å²) in [6.45, 7) is 0. The summed E-state index contributed by atoms with van der Waals surface area (Å²) in [5.41, 5.74) is 0.958. The molecule has 0 atom stereocenters. The molecule has 2 aromatic rings. The van der Waals surface area contributed by atoms with Crippen LogP contribution in [0.4, 0.5) is 0 Å². The highest BCUT2D eigenvalue weighted by Crippen LogP contribution is 2.28. The number of fused-ring (bicyclic) bond motifs is 1. The van der Waals surface area contributed by atoms with Crippen molar-refractivity contribution in [2.24, 2.45) is 0 Å². The molecule has 0 radical (unpaired) electrons. The van der Waals surface area contributed by atoms with Crippen LogP contribution < -0.4 is 4.74 Å². The maximum absolute atomic E-state index is 10.9. The first-order chi connectivity index (χ1) is 6.72. The molecule has 0 spiro atoms. The molecule has 14 heavy (non-hydrogen) atoms. The second kappa shape index (κ2) is 3.35. The number of methoxy groups -OCH3 is 1. The summed E-state index contributed by atoms with van der Waals surface area (Å²) < 4.78 is 10.3. The number of hydrogen-bond acceptors (Lipinski definition) is 3. The van der Waals surface area contributed by atoms with Gasteiger partial charge in [0, 0.05) is 5.56 Å². The quantitative estimate of drug-likeness (QED) is 0.716. The number of benzene rings is 1. The summed E-state index contributed by atoms with van der Waals surface area (Å²) in [5, 5.41) is 0.302. The summed E-state index contributed by atoms with van der Waals surface area (Å²) in [7, 11) is 1.53. The number of rotatable bonds is 2. The minimum Gasteiger partial charge on any atom is -0.496 e. The minimum atomic E-state index is -0.526. The molecule has 1 aromatic carbocycles. The number of ether oxygens (including phenoxy) is 1. The first-order valence-electron chi connectivity index (χ1n) is 3.97. The molecule has 0 aliphatic rings. The SMILES string of the molecule is COc1cc(C(=O)Cl)cc2occc12. The monoisotopic (exact) mass is 210 g/mol. The van der Waals surface area contributed by atoms with E-state index in [9.17, 15) is 4.79 Å². The van der Waals surface area contributed by atoms with Crippen molar-refractivity contribution in [3.05, 3.63) is 30.0 Å². The molecule has 0 N–H and O–H groups in total. The average molecular weight is 211 g/mol. The summed E-state index contributed by atoms with van der Waals surface area (Å²) in [6, 6.07) is 4.96. The van der Waals surface area contributed by atoms with E-state index in [2.05, 4.69) is 0 Å². The molecule has 0 bridgehead atoms. The molecule has 72 valence electrons. The van der Waals surface area contributed by atoms with Gasteiger partial charge in [0.1, 0.15) is 11.3 Å². The standard InChI is InChI=1S/C10H7ClO3/c1-13-8-4-6(10(11)12)5-9-7(8)2-3-14-9/h2-5H,1H3. The molecule has 0 fully saturated rings. The topological polar surface area (TPSA) is 39.4 Å². The van der Waals surface area contributed by atoms with Crippen LogP contribution in [0.2, 0.25) is 0 Å². The van der Waals surface area contributed by atoms with E-state index in [1.165, 1.54) is 13.4 Å². The lowest BCUT2D eigenvalue weighted by molar-refractivity contribution is 0.108. The van der Waals surface area contributed by atoms with E-state index in [0.717, 1.165) is 5.39 Å². The fourth-order valence-corrected chi connectivity index (χ4v) is 1.43. The van der Waals surface area contributed by atoms with Crippen LogP contribution in [0.5, 0.6) is 5.75 Å². The highest BCUT2D eigenvalue weighted by Gasteiger charge is 2.10. The summed E-state index contributed by atoms with van der Waals surface area (Å²) >= 11 is 5.36. The second-order valence-electron chi connectivity index (χ2n) is 2.78. The van der Waals surface area contributed by atoms with Crippen LogP contribution in [0.15, 0.2) is 28.9 Å². The van der Waals surface area contributed by atoms with E-state index in [4.69, 9.17) is 20.8 Å². The molecule has 0 saturated heterocycles. The molecule has 1 aromatic heterocycles. The third kappa shape index (κ3) is 1.36. The van der Waals surface area contributed by atoms with Gasteiger partial charge in [0.05, 0.1) is 18.8 Å². The molecule has 3 nitrogen and oxygen atoms in total. The second-order valence-corrected chi connectivity index (χ2v) is 3.13. The lowest BCUT2D eigenvalue weighted by atomic mass is 10.1. The van der Waals surface area contributed by atoms with Crippen molar-refractivity contribution >= 4 is 27.8 Å². The van der Waals surface area contributed by atoms with Gasteiger partial charge in [-0.2, -0.15) is 0 Å². The molecule has 4 heteroatoms. The van der Waals surface area contributed by atoms with Gasteiger partial charge in [-0.25, -0.2) is 0 Å². The molecule has 0 aliphatic heterocycles. The molecule has 1 heterocycles. The van der Waals surface area contributed by atoms with Crippen molar-refractivity contribution in [3.8, 4) is 5.75 Å². The van der Waals surface area contributed by atoms with Gasteiger partial charge >= 0.3 is 0 Å². The Morgan fingerprint density at radius 1 is 1.50 bits per heavy atom. The van der Waals surface area contributed by atoms with E-state index in [1.54, 1.807) is 18.2 Å². The van der Waals surface area contributed by atoms with Gasteiger partial charge in [0.15, 0.2) is 0 Å². The Balaban J connectivity index is 2.73. The third-order valence-corrected chi connectivity index (χ3v) is 2.20. The van der Waals surface area contributed by atoms with Crippen LogP contribution in [-0.2, 0) is 0 Å². The van der Waals surface area contributed by atoms with Gasteiger partial charge in [0.25, 0.3) is 5.24 Å². The van der Waals surface area contributed by atoms with Crippen molar-refractivity contribution in [2.75, 3.05) is 7.11 Å². The maximum atomic E-state index is 10.9. The molecule has 0 amide bonds. The third-order valence-electron chi connectivity index (χ3n) is 1.98. The average Bonchev–Trinajstić information content (AvgIpc) is 2.63. The summed E-state index contributed by atoms with van der Waals surface area (Å²) in [5.74, 6) is 0.584. The van der Waals surface area contributed by atoms with Crippen LogP contribution in [0, 0.1) is 0 Å². The smallest absolute Gasteiger partial charge is 0.252 e. The Kier molecular flexibility index (Phi) is 2.17. The van der Waals surface area contributed by atoms with Crippen molar-refractivity contribution in [1.82, 2.24) is 0 Å². The number of carbonyl (C=O) groups is 1. The van der Waals surface area contributed by atoms with Crippen molar-refractivity contribution in [1.29, 1.82) is 0 Å². The Morgan fingerprint density at radius 3 is 2.93 bits per heavy atom. The van der Waals surface area contributed by atoms with E-state index in [-0.39, 0.29) is 0 Å². The van der Waals surface area contributed by atoms with Gasteiger partial charge in [-0.15, -0.1) is 0 Å². The van der Waals surface area contributed by atoms with Crippen LogP contribution >= 0.6 is 11.6 Å². The van der Waals surface area contributed by atoms with Crippen LogP contribution in [0.1, 0.15) is 10.4 Å². The van der Waals surface area contributed by atoms with E-state index >= 15 is 0 Å². The maximum Gasteiger partial charge on any atom is 0.252 e. The number of carbonyl (C=O) groups excluding carboxylic acids is 1. The molecule has 0 unspecified atom stereocenters. The normalized spacial score (nSPS) is 10.4. The Morgan fingerprint density at radius 2 is 2.29 bits per heavy atom. The molecular formula is C10H7ClO3. The summed E-state index contributed by atoms with van der Waals surface area (Å²) in [4.78, 5) is 10.9. The van der Waals surface area contributed by atoms with E-state index in [1.807, 2.05) is 0 Å². The fourth-order valence-electron chi connectivity index (χ4n) is 1.32. The van der Waals surface area contributed by atoms with Gasteiger partial charge in [-0.3, -0.25) is 4.79 Å². The number of furan rings is 1. The molecular weight excluding hydrogens is 204 g/mol. The van der Waals surface area contributed by atoms with E-state index < -0.39 is 5.24 Å². The zero-order chi connectivity index (χ0) is 10.1. The van der Waals surface area contributed by atoms with Crippen LogP contribution in [0.3, 0.4) is 0 Å². The van der Waals surface area contributed by atoms with Crippen molar-refractivity contribution < 1.29 is 13.9 Å². The van der Waals surface area contributed by atoms with Crippen molar-refractivity contribution in [3.63, 3.8) is 0 Å². The van der Waals surface area contributed by atoms with E-state index in [0.29, 0.717) is 16.9 Å². The molecule has 0 aliphatic carbocycles. The van der Waals surface area contributed by atoms with Gasteiger partial charge < -0.3 is 9.15 Å². The van der Waals surface area contributed by atoms with Crippen LogP contribution in [-0.4, -0.2) is 12.4 Å². The Bertz CT molecular complexity index is 487. The van der Waals surface area contributed by atoms with Crippen LogP contribution in [0.25, 0.3) is 11.0 Å².